The maximum Gasteiger partial charge on any atom is 0.240 e. The van der Waals surface area contributed by atoms with E-state index in [1.54, 1.807) is 6.08 Å². The van der Waals surface area contributed by atoms with Crippen LogP contribution in [0.5, 0.6) is 5.88 Å². The molecule has 0 aliphatic heterocycles. The number of aromatic nitrogens is 2. The van der Waals surface area contributed by atoms with Gasteiger partial charge in [0, 0.05) is 0 Å². The summed E-state index contributed by atoms with van der Waals surface area (Å²) in [6.07, 6.45) is 1.70. The van der Waals surface area contributed by atoms with Crippen molar-refractivity contribution in [2.24, 2.45) is 0 Å². The fourth-order valence-corrected chi connectivity index (χ4v) is 1.19. The van der Waals surface area contributed by atoms with Crippen LogP contribution in [0.4, 0.5) is 0 Å². The highest BCUT2D eigenvalue weighted by atomic mass is 16.5. The number of benzene rings is 1. The number of ether oxygens (including phenoxy) is 1. The van der Waals surface area contributed by atoms with E-state index >= 15 is 0 Å². The number of H-pyrrole nitrogens is 1. The molecule has 0 amide bonds. The first-order valence-electron chi connectivity index (χ1n) is 4.08. The summed E-state index contributed by atoms with van der Waals surface area (Å²) >= 11 is 0. The van der Waals surface area contributed by atoms with Crippen molar-refractivity contribution in [2.45, 2.75) is 0 Å². The summed E-state index contributed by atoms with van der Waals surface area (Å²) in [4.78, 5) is 0. The van der Waals surface area contributed by atoms with Gasteiger partial charge in [0.15, 0.2) is 0 Å². The smallest absolute Gasteiger partial charge is 0.240 e. The minimum atomic E-state index is 0.481. The van der Waals surface area contributed by atoms with Gasteiger partial charge in [-0.15, -0.1) is 5.10 Å². The van der Waals surface area contributed by atoms with Gasteiger partial charge in [0.2, 0.25) is 5.88 Å². The highest BCUT2D eigenvalue weighted by Gasteiger charge is 2.03. The second kappa shape index (κ2) is 3.31. The SMILES string of the molecule is C=CCOc1n[nH]c2ccccc12. The molecule has 3 nitrogen and oxygen atoms in total. The van der Waals surface area contributed by atoms with Crippen LogP contribution in [0.1, 0.15) is 0 Å². The van der Waals surface area contributed by atoms with Crippen molar-refractivity contribution >= 4 is 10.9 Å². The van der Waals surface area contributed by atoms with Crippen molar-refractivity contribution in [2.75, 3.05) is 6.61 Å². The van der Waals surface area contributed by atoms with Crippen LogP contribution in [0.3, 0.4) is 0 Å². The molecule has 1 aromatic carbocycles. The fraction of sp³-hybridized carbons (Fsp3) is 0.100. The molecule has 0 aliphatic carbocycles. The fourth-order valence-electron chi connectivity index (χ4n) is 1.19. The van der Waals surface area contributed by atoms with Gasteiger partial charge in [-0.05, 0) is 12.1 Å². The minimum Gasteiger partial charge on any atom is -0.472 e. The molecule has 3 heteroatoms. The minimum absolute atomic E-state index is 0.481. The van der Waals surface area contributed by atoms with E-state index in [2.05, 4.69) is 16.8 Å². The van der Waals surface area contributed by atoms with E-state index in [0.717, 1.165) is 10.9 Å². The predicted octanol–water partition coefficient (Wildman–Crippen LogP) is 2.13. The number of nitrogens with zero attached hydrogens (tertiary/aromatic N) is 1. The van der Waals surface area contributed by atoms with Gasteiger partial charge in [-0.3, -0.25) is 5.10 Å². The molecule has 66 valence electrons. The molecule has 0 fully saturated rings. The zero-order valence-electron chi connectivity index (χ0n) is 7.16. The molecule has 0 spiro atoms. The van der Waals surface area contributed by atoms with Gasteiger partial charge in [-0.25, -0.2) is 0 Å². The molecule has 0 radical (unpaired) electrons. The third-order valence-corrected chi connectivity index (χ3v) is 1.77. The number of para-hydroxylation sites is 1. The molecule has 0 aliphatic rings. The molecule has 0 saturated carbocycles. The van der Waals surface area contributed by atoms with E-state index in [0.29, 0.717) is 12.5 Å². The molecule has 0 bridgehead atoms. The van der Waals surface area contributed by atoms with Gasteiger partial charge >= 0.3 is 0 Å². The number of hydrogen-bond acceptors (Lipinski definition) is 2. The average molecular weight is 174 g/mol. The Morgan fingerprint density at radius 2 is 2.31 bits per heavy atom. The average Bonchev–Trinajstić information content (AvgIpc) is 2.58. The van der Waals surface area contributed by atoms with E-state index < -0.39 is 0 Å². The van der Waals surface area contributed by atoms with Gasteiger partial charge in [0.25, 0.3) is 0 Å². The molecule has 2 rings (SSSR count). The topological polar surface area (TPSA) is 37.9 Å². The van der Waals surface area contributed by atoms with Crippen molar-refractivity contribution in [3.8, 4) is 5.88 Å². The summed E-state index contributed by atoms with van der Waals surface area (Å²) in [5.74, 6) is 0.635. The summed E-state index contributed by atoms with van der Waals surface area (Å²) in [5.41, 5.74) is 0.988. The van der Waals surface area contributed by atoms with E-state index in [-0.39, 0.29) is 0 Å². The summed E-state index contributed by atoms with van der Waals surface area (Å²) in [5, 5.41) is 7.93. The van der Waals surface area contributed by atoms with Crippen LogP contribution < -0.4 is 4.74 Å². The second-order valence-electron chi connectivity index (χ2n) is 2.67. The Bertz CT molecular complexity index is 420. The van der Waals surface area contributed by atoms with Gasteiger partial charge in [0.1, 0.15) is 6.61 Å². The van der Waals surface area contributed by atoms with Gasteiger partial charge in [0.05, 0.1) is 10.9 Å². The van der Waals surface area contributed by atoms with Crippen LogP contribution in [0, 0.1) is 0 Å². The number of rotatable bonds is 3. The van der Waals surface area contributed by atoms with E-state index in [1.807, 2.05) is 24.3 Å². The Balaban J connectivity index is 2.40. The first kappa shape index (κ1) is 7.86. The van der Waals surface area contributed by atoms with Crippen molar-refractivity contribution in [1.82, 2.24) is 10.2 Å². The van der Waals surface area contributed by atoms with Gasteiger partial charge < -0.3 is 4.74 Å². The molecule has 0 unspecified atom stereocenters. The molecule has 1 heterocycles. The standard InChI is InChI=1S/C10H10N2O/c1-2-7-13-10-8-5-3-4-6-9(8)11-12-10/h2-6H,1,7H2,(H,11,12). The van der Waals surface area contributed by atoms with E-state index in [9.17, 15) is 0 Å². The van der Waals surface area contributed by atoms with Crippen LogP contribution in [-0.2, 0) is 0 Å². The largest absolute Gasteiger partial charge is 0.472 e. The van der Waals surface area contributed by atoms with Crippen molar-refractivity contribution in [1.29, 1.82) is 0 Å². The normalized spacial score (nSPS) is 10.2. The van der Waals surface area contributed by atoms with E-state index in [4.69, 9.17) is 4.74 Å². The van der Waals surface area contributed by atoms with Crippen molar-refractivity contribution in [3.05, 3.63) is 36.9 Å². The maximum absolute atomic E-state index is 5.35. The van der Waals surface area contributed by atoms with Crippen LogP contribution in [0.25, 0.3) is 10.9 Å². The molecule has 1 aromatic heterocycles. The molecule has 2 aromatic rings. The second-order valence-corrected chi connectivity index (χ2v) is 2.67. The molecular weight excluding hydrogens is 164 g/mol. The third-order valence-electron chi connectivity index (χ3n) is 1.77. The monoisotopic (exact) mass is 174 g/mol. The Morgan fingerprint density at radius 1 is 1.46 bits per heavy atom. The zero-order valence-corrected chi connectivity index (χ0v) is 7.16. The van der Waals surface area contributed by atoms with Crippen LogP contribution in [-0.4, -0.2) is 16.8 Å². The summed E-state index contributed by atoms with van der Waals surface area (Å²) in [7, 11) is 0. The lowest BCUT2D eigenvalue weighted by molar-refractivity contribution is 0.352. The summed E-state index contributed by atoms with van der Waals surface area (Å²) in [6.45, 7) is 4.06. The first-order valence-corrected chi connectivity index (χ1v) is 4.08. The lowest BCUT2D eigenvalue weighted by atomic mass is 10.2. The predicted molar refractivity (Wildman–Crippen MR) is 51.8 cm³/mol. The Kier molecular flexibility index (Phi) is 2.00. The number of fused-ring (bicyclic) bond motifs is 1. The van der Waals surface area contributed by atoms with Crippen LogP contribution in [0.15, 0.2) is 36.9 Å². The van der Waals surface area contributed by atoms with Crippen molar-refractivity contribution < 1.29 is 4.74 Å². The maximum atomic E-state index is 5.35. The van der Waals surface area contributed by atoms with Gasteiger partial charge in [-0.1, -0.05) is 24.8 Å². The zero-order chi connectivity index (χ0) is 9.10. The quantitative estimate of drug-likeness (QED) is 0.724. The Labute approximate surface area is 76.0 Å². The van der Waals surface area contributed by atoms with Crippen LogP contribution in [0.2, 0.25) is 0 Å². The highest BCUT2D eigenvalue weighted by molar-refractivity contribution is 5.83. The molecule has 0 atom stereocenters. The third kappa shape index (κ3) is 1.40. The molecular formula is C10H10N2O. The number of aromatic amines is 1. The highest BCUT2D eigenvalue weighted by Crippen LogP contribution is 2.21. The Hall–Kier alpha value is -1.77. The molecule has 13 heavy (non-hydrogen) atoms. The molecule has 1 N–H and O–H groups in total. The number of nitrogens with one attached hydrogen (secondary N) is 1. The number of hydrogen-bond donors (Lipinski definition) is 1. The summed E-state index contributed by atoms with van der Waals surface area (Å²) < 4.78 is 5.35. The van der Waals surface area contributed by atoms with Crippen LogP contribution >= 0.6 is 0 Å². The lowest BCUT2D eigenvalue weighted by Gasteiger charge is -1.96. The van der Waals surface area contributed by atoms with E-state index in [1.165, 1.54) is 0 Å². The van der Waals surface area contributed by atoms with Gasteiger partial charge in [-0.2, -0.15) is 0 Å². The summed E-state index contributed by atoms with van der Waals surface area (Å²) in [6, 6.07) is 7.84. The molecule has 0 saturated heterocycles. The van der Waals surface area contributed by atoms with Crippen molar-refractivity contribution in [3.63, 3.8) is 0 Å². The Morgan fingerprint density at radius 3 is 3.15 bits per heavy atom. The lowest BCUT2D eigenvalue weighted by Crippen LogP contribution is -1.92. The first-order chi connectivity index (χ1) is 6.42.